The van der Waals surface area contributed by atoms with Gasteiger partial charge in [0.15, 0.2) is 0 Å². The van der Waals surface area contributed by atoms with E-state index >= 15 is 0 Å². The molecule has 1 aromatic carbocycles. The van der Waals surface area contributed by atoms with Crippen LogP contribution < -0.4 is 5.32 Å². The molecule has 8 heteroatoms. The number of carbonyl (C=O) groups is 1. The molecule has 3 aromatic rings. The second-order valence-electron chi connectivity index (χ2n) is 8.93. The fourth-order valence-corrected chi connectivity index (χ4v) is 6.14. The maximum Gasteiger partial charge on any atom is 0.280 e. The molecule has 1 fully saturated rings. The highest BCUT2D eigenvalue weighted by atomic mass is 32.1. The molecule has 0 unspecified atom stereocenters. The van der Waals surface area contributed by atoms with Gasteiger partial charge in [0.05, 0.1) is 22.3 Å². The first-order chi connectivity index (χ1) is 16.6. The zero-order chi connectivity index (χ0) is 23.5. The van der Waals surface area contributed by atoms with Crippen molar-refractivity contribution in [1.82, 2.24) is 5.32 Å². The Balaban J connectivity index is 1.41. The van der Waals surface area contributed by atoms with Gasteiger partial charge < -0.3 is 9.73 Å². The Morgan fingerprint density at radius 1 is 1.09 bits per heavy atom. The molecular formula is C26H27N3O4S. The van der Waals surface area contributed by atoms with E-state index in [-0.39, 0.29) is 17.6 Å². The first kappa shape index (κ1) is 22.5. The van der Waals surface area contributed by atoms with Crippen LogP contribution in [-0.2, 0) is 12.8 Å². The van der Waals surface area contributed by atoms with Gasteiger partial charge >= 0.3 is 0 Å². The van der Waals surface area contributed by atoms with E-state index < -0.39 is 4.92 Å². The van der Waals surface area contributed by atoms with Gasteiger partial charge in [-0.25, -0.2) is 4.99 Å². The summed E-state index contributed by atoms with van der Waals surface area (Å²) >= 11 is 1.59. The molecular weight excluding hydrogens is 450 g/mol. The van der Waals surface area contributed by atoms with Crippen LogP contribution in [0.3, 0.4) is 0 Å². The largest absolute Gasteiger partial charge is 0.455 e. The number of fused-ring (bicyclic) bond motifs is 1. The summed E-state index contributed by atoms with van der Waals surface area (Å²) in [6.45, 7) is 0. The number of nitrogens with zero attached hydrogens (tertiary/aromatic N) is 2. The van der Waals surface area contributed by atoms with Crippen LogP contribution in [0.25, 0.3) is 11.3 Å². The second kappa shape index (κ2) is 9.93. The Morgan fingerprint density at radius 3 is 2.71 bits per heavy atom. The van der Waals surface area contributed by atoms with Gasteiger partial charge in [-0.05, 0) is 62.3 Å². The molecule has 0 atom stereocenters. The van der Waals surface area contributed by atoms with Crippen LogP contribution in [-0.4, -0.2) is 23.1 Å². The lowest BCUT2D eigenvalue weighted by Gasteiger charge is -2.23. The Hall–Kier alpha value is -3.26. The minimum absolute atomic E-state index is 0.00654. The molecule has 2 aromatic heterocycles. The van der Waals surface area contributed by atoms with Crippen molar-refractivity contribution >= 4 is 34.1 Å². The first-order valence-electron chi connectivity index (χ1n) is 11.9. The third kappa shape index (κ3) is 4.68. The van der Waals surface area contributed by atoms with Gasteiger partial charge in [-0.1, -0.05) is 31.4 Å². The molecule has 1 saturated carbocycles. The summed E-state index contributed by atoms with van der Waals surface area (Å²) in [6, 6.07) is 10.2. The fourth-order valence-electron chi connectivity index (χ4n) is 4.91. The maximum atomic E-state index is 13.3. The van der Waals surface area contributed by atoms with Crippen molar-refractivity contribution in [1.29, 1.82) is 0 Å². The molecule has 2 aliphatic rings. The highest BCUT2D eigenvalue weighted by Gasteiger charge is 2.27. The van der Waals surface area contributed by atoms with E-state index in [0.29, 0.717) is 27.6 Å². The summed E-state index contributed by atoms with van der Waals surface area (Å²) in [5.41, 5.74) is 2.28. The molecule has 0 spiro atoms. The predicted molar refractivity (Wildman–Crippen MR) is 133 cm³/mol. The van der Waals surface area contributed by atoms with E-state index in [2.05, 4.69) is 10.3 Å². The van der Waals surface area contributed by atoms with Gasteiger partial charge in [-0.15, -0.1) is 11.3 Å². The summed E-state index contributed by atoms with van der Waals surface area (Å²) in [5.74, 6) is 0.881. The normalized spacial score (nSPS) is 16.5. The number of para-hydroxylation sites is 1. The summed E-state index contributed by atoms with van der Waals surface area (Å²) in [6.07, 6.45) is 11.4. The number of rotatable bonds is 6. The van der Waals surface area contributed by atoms with E-state index in [9.17, 15) is 14.9 Å². The number of thiophene rings is 1. The number of aryl methyl sites for hydroxylation is 1. The lowest BCUT2D eigenvalue weighted by Crippen LogP contribution is -2.36. The first-order valence-corrected chi connectivity index (χ1v) is 12.7. The van der Waals surface area contributed by atoms with Crippen molar-refractivity contribution in [3.63, 3.8) is 0 Å². The van der Waals surface area contributed by atoms with Crippen LogP contribution in [0.15, 0.2) is 45.8 Å². The molecule has 34 heavy (non-hydrogen) atoms. The Kier molecular flexibility index (Phi) is 6.58. The Labute approximate surface area is 202 Å². The predicted octanol–water partition coefficient (Wildman–Crippen LogP) is 6.61. The van der Waals surface area contributed by atoms with Crippen molar-refractivity contribution in [2.75, 3.05) is 0 Å². The van der Waals surface area contributed by atoms with Gasteiger partial charge in [0, 0.05) is 17.0 Å². The highest BCUT2D eigenvalue weighted by molar-refractivity contribution is 7.16. The zero-order valence-electron chi connectivity index (χ0n) is 18.9. The number of carbonyl (C=O) groups excluding carboxylic acids is 1. The van der Waals surface area contributed by atoms with Crippen LogP contribution in [0.4, 0.5) is 10.7 Å². The van der Waals surface area contributed by atoms with Crippen LogP contribution in [0.1, 0.15) is 71.5 Å². The van der Waals surface area contributed by atoms with Crippen LogP contribution in [0.5, 0.6) is 0 Å². The smallest absolute Gasteiger partial charge is 0.280 e. The highest BCUT2D eigenvalue weighted by Crippen LogP contribution is 2.40. The van der Waals surface area contributed by atoms with Crippen molar-refractivity contribution in [3.8, 4) is 11.3 Å². The van der Waals surface area contributed by atoms with Crippen LogP contribution >= 0.6 is 11.3 Å². The number of furan rings is 1. The molecule has 1 amide bonds. The number of amides is 1. The summed E-state index contributed by atoms with van der Waals surface area (Å²) in [7, 11) is 0. The number of benzene rings is 1. The summed E-state index contributed by atoms with van der Waals surface area (Å²) in [4.78, 5) is 30.2. The van der Waals surface area contributed by atoms with Crippen molar-refractivity contribution < 1.29 is 14.1 Å². The van der Waals surface area contributed by atoms with Gasteiger partial charge in [0.25, 0.3) is 11.6 Å². The van der Waals surface area contributed by atoms with Crippen molar-refractivity contribution in [2.45, 2.75) is 63.8 Å². The molecule has 0 saturated heterocycles. The minimum Gasteiger partial charge on any atom is -0.455 e. The molecule has 1 N–H and O–H groups in total. The monoisotopic (exact) mass is 477 g/mol. The number of hydrogen-bond acceptors (Lipinski definition) is 6. The van der Waals surface area contributed by atoms with Gasteiger partial charge in [0.1, 0.15) is 16.5 Å². The molecule has 0 aliphatic heterocycles. The van der Waals surface area contributed by atoms with Gasteiger partial charge in [-0.3, -0.25) is 14.9 Å². The van der Waals surface area contributed by atoms with E-state index in [0.717, 1.165) is 56.9 Å². The number of nitro benzene ring substituents is 1. The lowest BCUT2D eigenvalue weighted by molar-refractivity contribution is -0.384. The molecule has 2 aliphatic carbocycles. The topological polar surface area (TPSA) is 97.7 Å². The van der Waals surface area contributed by atoms with Crippen molar-refractivity contribution in [2.24, 2.45) is 4.99 Å². The number of hydrogen-bond donors (Lipinski definition) is 1. The van der Waals surface area contributed by atoms with Crippen molar-refractivity contribution in [3.05, 3.63) is 68.3 Å². The Morgan fingerprint density at radius 2 is 1.88 bits per heavy atom. The number of aliphatic imine (C=N–C) groups is 1. The molecule has 0 radical (unpaired) electrons. The molecule has 5 rings (SSSR count). The van der Waals surface area contributed by atoms with Gasteiger partial charge in [0.2, 0.25) is 0 Å². The third-order valence-electron chi connectivity index (χ3n) is 6.62. The number of nitro groups is 1. The average Bonchev–Trinajstić information content (AvgIpc) is 3.48. The standard InChI is InChI=1S/C26H27N3O4S/c30-25(28-17-8-2-1-3-9-17)24-20-11-5-7-13-23(20)34-26(24)27-16-18-14-15-22(33-18)19-10-4-6-12-21(19)29(31)32/h4,6,10,12,14-17H,1-3,5,7-9,11,13H2,(H,28,30)/b27-16-. The summed E-state index contributed by atoms with van der Waals surface area (Å²) < 4.78 is 5.86. The quantitative estimate of drug-likeness (QED) is 0.245. The third-order valence-corrected chi connectivity index (χ3v) is 7.82. The fraction of sp³-hybridized carbons (Fsp3) is 0.385. The Bertz CT molecular complexity index is 1240. The lowest BCUT2D eigenvalue weighted by atomic mass is 9.93. The number of nitrogens with one attached hydrogen (secondary N) is 1. The molecule has 176 valence electrons. The zero-order valence-corrected chi connectivity index (χ0v) is 19.7. The minimum atomic E-state index is -0.418. The van der Waals surface area contributed by atoms with Crippen LogP contribution in [0, 0.1) is 10.1 Å². The van der Waals surface area contributed by atoms with E-state index in [1.54, 1.807) is 47.9 Å². The SMILES string of the molecule is O=C(NC1CCCCC1)c1c(/N=C\c2ccc(-c3ccccc3[N+](=O)[O-])o2)sc2c1CCCC2. The van der Waals surface area contributed by atoms with E-state index in [1.807, 2.05) is 0 Å². The van der Waals surface area contributed by atoms with Gasteiger partial charge in [-0.2, -0.15) is 0 Å². The second-order valence-corrected chi connectivity index (χ2v) is 10.0. The molecule has 7 nitrogen and oxygen atoms in total. The maximum absolute atomic E-state index is 13.3. The average molecular weight is 478 g/mol. The molecule has 2 heterocycles. The van der Waals surface area contributed by atoms with Crippen LogP contribution in [0.2, 0.25) is 0 Å². The summed E-state index contributed by atoms with van der Waals surface area (Å²) in [5, 5.41) is 15.3. The van der Waals surface area contributed by atoms with E-state index in [1.165, 1.54) is 17.4 Å². The molecule has 0 bridgehead atoms. The van der Waals surface area contributed by atoms with E-state index in [4.69, 9.17) is 4.42 Å².